The summed E-state index contributed by atoms with van der Waals surface area (Å²) >= 11 is 5.37. The maximum atomic E-state index is 4.11. The second kappa shape index (κ2) is 5.65. The number of anilines is 1. The molecule has 0 saturated carbocycles. The van der Waals surface area contributed by atoms with E-state index in [0.717, 1.165) is 11.0 Å². The quantitative estimate of drug-likeness (QED) is 0.836. The van der Waals surface area contributed by atoms with Gasteiger partial charge in [0.15, 0.2) is 0 Å². The summed E-state index contributed by atoms with van der Waals surface area (Å²) in [5.41, 5.74) is 1.20. The van der Waals surface area contributed by atoms with E-state index in [1.807, 2.05) is 12.4 Å². The fourth-order valence-corrected chi connectivity index (χ4v) is 2.90. The lowest BCUT2D eigenvalue weighted by atomic mass is 10.2. The van der Waals surface area contributed by atoms with Gasteiger partial charge in [-0.25, -0.2) is 0 Å². The topological polar surface area (TPSA) is 16.1 Å². The molecular formula is C13H15BrN2S. The van der Waals surface area contributed by atoms with Gasteiger partial charge in [0.25, 0.3) is 0 Å². The molecule has 0 aromatic carbocycles. The third kappa shape index (κ3) is 3.07. The summed E-state index contributed by atoms with van der Waals surface area (Å²) in [7, 11) is 0. The average Bonchev–Trinajstić information content (AvgIpc) is 2.79. The molecule has 0 unspecified atom stereocenters. The molecule has 2 nitrogen and oxygen atoms in total. The summed E-state index contributed by atoms with van der Waals surface area (Å²) in [6.07, 6.45) is 3.68. The van der Waals surface area contributed by atoms with E-state index in [1.54, 1.807) is 11.3 Å². The van der Waals surface area contributed by atoms with E-state index in [-0.39, 0.29) is 0 Å². The first-order valence-electron chi connectivity index (χ1n) is 5.57. The Balaban J connectivity index is 2.27. The predicted octanol–water partition coefficient (Wildman–Crippen LogP) is 4.32. The Labute approximate surface area is 114 Å². The minimum atomic E-state index is 0.454. The van der Waals surface area contributed by atoms with Gasteiger partial charge in [0, 0.05) is 23.3 Å². The fraction of sp³-hybridized carbons (Fsp3) is 0.308. The molecule has 0 radical (unpaired) electrons. The van der Waals surface area contributed by atoms with Crippen LogP contribution in [0.2, 0.25) is 0 Å². The van der Waals surface area contributed by atoms with E-state index in [0.29, 0.717) is 6.04 Å². The second-order valence-electron chi connectivity index (χ2n) is 4.13. The van der Waals surface area contributed by atoms with Gasteiger partial charge in [-0.05, 0) is 47.3 Å². The van der Waals surface area contributed by atoms with Crippen LogP contribution in [0.4, 0.5) is 5.69 Å². The van der Waals surface area contributed by atoms with Crippen LogP contribution in [-0.2, 0) is 6.54 Å². The molecule has 0 N–H and O–H groups in total. The van der Waals surface area contributed by atoms with Crippen LogP contribution in [0.3, 0.4) is 0 Å². The van der Waals surface area contributed by atoms with Crippen molar-refractivity contribution in [2.75, 3.05) is 4.90 Å². The highest BCUT2D eigenvalue weighted by molar-refractivity contribution is 9.10. The van der Waals surface area contributed by atoms with E-state index in [2.05, 4.69) is 63.2 Å². The minimum Gasteiger partial charge on any atom is -0.363 e. The van der Waals surface area contributed by atoms with Gasteiger partial charge in [-0.2, -0.15) is 0 Å². The van der Waals surface area contributed by atoms with Gasteiger partial charge in [-0.3, -0.25) is 4.98 Å². The van der Waals surface area contributed by atoms with Gasteiger partial charge in [0.05, 0.1) is 16.7 Å². The molecule has 0 spiro atoms. The van der Waals surface area contributed by atoms with Gasteiger partial charge in [0.1, 0.15) is 0 Å². The molecule has 0 atom stereocenters. The Morgan fingerprint density at radius 1 is 1.41 bits per heavy atom. The zero-order chi connectivity index (χ0) is 12.3. The van der Waals surface area contributed by atoms with Crippen LogP contribution >= 0.6 is 27.3 Å². The van der Waals surface area contributed by atoms with E-state index in [4.69, 9.17) is 0 Å². The molecule has 2 aromatic heterocycles. The highest BCUT2D eigenvalue weighted by atomic mass is 79.9. The van der Waals surface area contributed by atoms with Gasteiger partial charge >= 0.3 is 0 Å². The molecule has 0 amide bonds. The van der Waals surface area contributed by atoms with Crippen LogP contribution in [0.1, 0.15) is 18.7 Å². The highest BCUT2D eigenvalue weighted by Gasteiger charge is 2.14. The zero-order valence-electron chi connectivity index (χ0n) is 9.93. The minimum absolute atomic E-state index is 0.454. The van der Waals surface area contributed by atoms with Crippen molar-refractivity contribution in [1.82, 2.24) is 4.98 Å². The molecule has 0 aliphatic carbocycles. The molecule has 17 heavy (non-hydrogen) atoms. The number of aromatic nitrogens is 1. The number of rotatable bonds is 4. The molecule has 0 bridgehead atoms. The Kier molecular flexibility index (Phi) is 4.18. The molecule has 0 aliphatic heterocycles. The van der Waals surface area contributed by atoms with Crippen molar-refractivity contribution < 1.29 is 0 Å². The number of nitrogens with zero attached hydrogens (tertiary/aromatic N) is 2. The molecule has 2 rings (SSSR count). The van der Waals surface area contributed by atoms with Crippen LogP contribution in [0.25, 0.3) is 0 Å². The van der Waals surface area contributed by atoms with Crippen molar-refractivity contribution in [3.63, 3.8) is 0 Å². The Bertz CT molecular complexity index is 468. The SMILES string of the molecule is CC(C)N(Cc1cccs1)c1ccncc1Br. The molecule has 0 fully saturated rings. The van der Waals surface area contributed by atoms with Gasteiger partial charge in [-0.15, -0.1) is 11.3 Å². The summed E-state index contributed by atoms with van der Waals surface area (Å²) in [6, 6.07) is 6.78. The Hall–Kier alpha value is -0.870. The van der Waals surface area contributed by atoms with E-state index in [1.165, 1.54) is 10.6 Å². The summed E-state index contributed by atoms with van der Waals surface area (Å²) in [4.78, 5) is 7.86. The van der Waals surface area contributed by atoms with Crippen molar-refractivity contribution in [1.29, 1.82) is 0 Å². The van der Waals surface area contributed by atoms with E-state index in [9.17, 15) is 0 Å². The molecular weight excluding hydrogens is 296 g/mol. The third-order valence-electron chi connectivity index (χ3n) is 2.59. The Morgan fingerprint density at radius 2 is 2.24 bits per heavy atom. The average molecular weight is 311 g/mol. The first-order valence-corrected chi connectivity index (χ1v) is 7.24. The van der Waals surface area contributed by atoms with Crippen LogP contribution < -0.4 is 4.90 Å². The van der Waals surface area contributed by atoms with Crippen molar-refractivity contribution in [2.24, 2.45) is 0 Å². The van der Waals surface area contributed by atoms with Crippen LogP contribution in [0.5, 0.6) is 0 Å². The number of halogens is 1. The van der Waals surface area contributed by atoms with E-state index >= 15 is 0 Å². The zero-order valence-corrected chi connectivity index (χ0v) is 12.3. The predicted molar refractivity (Wildman–Crippen MR) is 77.6 cm³/mol. The Morgan fingerprint density at radius 3 is 2.82 bits per heavy atom. The monoisotopic (exact) mass is 310 g/mol. The van der Waals surface area contributed by atoms with Crippen molar-refractivity contribution in [3.05, 3.63) is 45.3 Å². The molecule has 2 heterocycles. The molecule has 2 aromatic rings. The smallest absolute Gasteiger partial charge is 0.0592 e. The lowest BCUT2D eigenvalue weighted by Gasteiger charge is -2.29. The summed E-state index contributed by atoms with van der Waals surface area (Å²) in [5, 5.41) is 2.12. The fourth-order valence-electron chi connectivity index (χ4n) is 1.72. The lowest BCUT2D eigenvalue weighted by Crippen LogP contribution is -2.30. The molecule has 4 heteroatoms. The van der Waals surface area contributed by atoms with Crippen molar-refractivity contribution in [3.8, 4) is 0 Å². The molecule has 90 valence electrons. The standard InChI is InChI=1S/C13H15BrN2S/c1-10(2)16(9-11-4-3-7-17-11)13-5-6-15-8-12(13)14/h3-8,10H,9H2,1-2H3. The third-order valence-corrected chi connectivity index (χ3v) is 4.06. The van der Waals surface area contributed by atoms with Crippen molar-refractivity contribution in [2.45, 2.75) is 26.4 Å². The van der Waals surface area contributed by atoms with E-state index < -0.39 is 0 Å². The van der Waals surface area contributed by atoms with Crippen LogP contribution in [0.15, 0.2) is 40.4 Å². The normalized spacial score (nSPS) is 10.8. The number of hydrogen-bond acceptors (Lipinski definition) is 3. The van der Waals surface area contributed by atoms with Crippen LogP contribution in [-0.4, -0.2) is 11.0 Å². The number of hydrogen-bond donors (Lipinski definition) is 0. The van der Waals surface area contributed by atoms with Gasteiger partial charge < -0.3 is 4.90 Å². The second-order valence-corrected chi connectivity index (χ2v) is 6.01. The van der Waals surface area contributed by atoms with Crippen LogP contribution in [0, 0.1) is 0 Å². The summed E-state index contributed by atoms with van der Waals surface area (Å²) in [5.74, 6) is 0. The summed E-state index contributed by atoms with van der Waals surface area (Å²) in [6.45, 7) is 5.36. The summed E-state index contributed by atoms with van der Waals surface area (Å²) < 4.78 is 1.05. The maximum absolute atomic E-state index is 4.11. The lowest BCUT2D eigenvalue weighted by molar-refractivity contribution is 0.685. The largest absolute Gasteiger partial charge is 0.363 e. The maximum Gasteiger partial charge on any atom is 0.0592 e. The van der Waals surface area contributed by atoms with Gasteiger partial charge in [0.2, 0.25) is 0 Å². The van der Waals surface area contributed by atoms with Gasteiger partial charge in [-0.1, -0.05) is 6.07 Å². The molecule has 0 aliphatic rings. The highest BCUT2D eigenvalue weighted by Crippen LogP contribution is 2.28. The number of pyridine rings is 1. The van der Waals surface area contributed by atoms with Crippen molar-refractivity contribution >= 4 is 33.0 Å². The first-order chi connectivity index (χ1) is 8.18. The number of thiophene rings is 1. The first kappa shape index (κ1) is 12.6. The molecule has 0 saturated heterocycles.